The molecular formula is C19H19FN4O. The molecule has 0 amide bonds. The summed E-state index contributed by atoms with van der Waals surface area (Å²) in [7, 11) is 0. The number of morpholine rings is 1. The Hall–Kier alpha value is -2.73. The van der Waals surface area contributed by atoms with E-state index in [1.54, 1.807) is 12.4 Å². The van der Waals surface area contributed by atoms with Gasteiger partial charge in [0.1, 0.15) is 5.82 Å². The SMILES string of the molecule is CC1CN(c2cc(F)ncc2-n2ccnc2-c2ccccc2)CCO1. The summed E-state index contributed by atoms with van der Waals surface area (Å²) >= 11 is 0. The van der Waals surface area contributed by atoms with Crippen LogP contribution < -0.4 is 4.90 Å². The molecule has 4 rings (SSSR count). The topological polar surface area (TPSA) is 43.2 Å². The van der Waals surface area contributed by atoms with Crippen molar-refractivity contribution in [2.45, 2.75) is 13.0 Å². The number of benzene rings is 1. The molecule has 5 nitrogen and oxygen atoms in total. The molecule has 128 valence electrons. The molecule has 0 radical (unpaired) electrons. The zero-order chi connectivity index (χ0) is 17.2. The van der Waals surface area contributed by atoms with Gasteiger partial charge in [0.2, 0.25) is 5.95 Å². The van der Waals surface area contributed by atoms with Crippen molar-refractivity contribution in [1.29, 1.82) is 0 Å². The Labute approximate surface area is 145 Å². The molecule has 0 spiro atoms. The minimum absolute atomic E-state index is 0.106. The van der Waals surface area contributed by atoms with E-state index in [1.165, 1.54) is 6.07 Å². The molecule has 25 heavy (non-hydrogen) atoms. The van der Waals surface area contributed by atoms with Gasteiger partial charge in [-0.15, -0.1) is 0 Å². The number of imidazole rings is 1. The lowest BCUT2D eigenvalue weighted by molar-refractivity contribution is 0.0532. The van der Waals surface area contributed by atoms with Crippen LogP contribution in [0.3, 0.4) is 0 Å². The number of hydrogen-bond donors (Lipinski definition) is 0. The average molecular weight is 338 g/mol. The molecule has 0 saturated carbocycles. The van der Waals surface area contributed by atoms with Crippen molar-refractivity contribution in [3.8, 4) is 17.1 Å². The molecule has 0 N–H and O–H groups in total. The van der Waals surface area contributed by atoms with Crippen molar-refractivity contribution in [2.75, 3.05) is 24.6 Å². The zero-order valence-corrected chi connectivity index (χ0v) is 14.0. The van der Waals surface area contributed by atoms with Crippen molar-refractivity contribution in [2.24, 2.45) is 0 Å². The van der Waals surface area contributed by atoms with Crippen molar-refractivity contribution < 1.29 is 9.13 Å². The first-order valence-electron chi connectivity index (χ1n) is 8.33. The van der Waals surface area contributed by atoms with Crippen LogP contribution >= 0.6 is 0 Å². The van der Waals surface area contributed by atoms with Gasteiger partial charge in [-0.2, -0.15) is 4.39 Å². The average Bonchev–Trinajstić information content (AvgIpc) is 3.12. The molecule has 0 aliphatic carbocycles. The predicted octanol–water partition coefficient (Wildman–Crippen LogP) is 3.30. The Morgan fingerprint density at radius 2 is 2.00 bits per heavy atom. The summed E-state index contributed by atoms with van der Waals surface area (Å²) in [4.78, 5) is 10.5. The maximum atomic E-state index is 13.9. The maximum Gasteiger partial charge on any atom is 0.215 e. The van der Waals surface area contributed by atoms with E-state index in [0.717, 1.165) is 29.3 Å². The van der Waals surface area contributed by atoms with Crippen LogP contribution in [-0.4, -0.2) is 40.3 Å². The highest BCUT2D eigenvalue weighted by Crippen LogP contribution is 2.30. The first-order chi connectivity index (χ1) is 12.2. The molecule has 1 aliphatic rings. The maximum absolute atomic E-state index is 13.9. The summed E-state index contributed by atoms with van der Waals surface area (Å²) in [5.74, 6) is 0.316. The van der Waals surface area contributed by atoms with Crippen molar-refractivity contribution >= 4 is 5.69 Å². The van der Waals surface area contributed by atoms with Gasteiger partial charge in [0.25, 0.3) is 0 Å². The zero-order valence-electron chi connectivity index (χ0n) is 14.0. The Kier molecular flexibility index (Phi) is 4.19. The molecule has 1 atom stereocenters. The Morgan fingerprint density at radius 3 is 2.80 bits per heavy atom. The van der Waals surface area contributed by atoms with Crippen LogP contribution in [0.4, 0.5) is 10.1 Å². The molecular weight excluding hydrogens is 319 g/mol. The largest absolute Gasteiger partial charge is 0.375 e. The first kappa shape index (κ1) is 15.8. The normalized spacial score (nSPS) is 17.7. The Bertz CT molecular complexity index is 865. The number of ether oxygens (including phenoxy) is 1. The van der Waals surface area contributed by atoms with E-state index in [4.69, 9.17) is 4.74 Å². The van der Waals surface area contributed by atoms with Crippen LogP contribution in [0.1, 0.15) is 6.92 Å². The number of hydrogen-bond acceptors (Lipinski definition) is 4. The lowest BCUT2D eigenvalue weighted by Crippen LogP contribution is -2.41. The van der Waals surface area contributed by atoms with E-state index >= 15 is 0 Å². The first-order valence-corrected chi connectivity index (χ1v) is 8.33. The minimum Gasteiger partial charge on any atom is -0.375 e. The van der Waals surface area contributed by atoms with Crippen molar-refractivity contribution in [1.82, 2.24) is 14.5 Å². The molecule has 6 heteroatoms. The van der Waals surface area contributed by atoms with Gasteiger partial charge in [-0.3, -0.25) is 4.57 Å². The third-order valence-corrected chi connectivity index (χ3v) is 4.34. The minimum atomic E-state index is -0.487. The second-order valence-corrected chi connectivity index (χ2v) is 6.11. The summed E-state index contributed by atoms with van der Waals surface area (Å²) in [6.07, 6.45) is 5.30. The second kappa shape index (κ2) is 6.64. The fourth-order valence-corrected chi connectivity index (χ4v) is 3.19. The summed E-state index contributed by atoms with van der Waals surface area (Å²) in [5, 5.41) is 0. The fourth-order valence-electron chi connectivity index (χ4n) is 3.19. The number of pyridine rings is 1. The second-order valence-electron chi connectivity index (χ2n) is 6.11. The van der Waals surface area contributed by atoms with Gasteiger partial charge < -0.3 is 9.64 Å². The lowest BCUT2D eigenvalue weighted by Gasteiger charge is -2.34. The molecule has 1 fully saturated rings. The smallest absolute Gasteiger partial charge is 0.215 e. The van der Waals surface area contributed by atoms with Crippen LogP contribution in [0.15, 0.2) is 55.0 Å². The number of rotatable bonds is 3. The number of anilines is 1. The highest BCUT2D eigenvalue weighted by atomic mass is 19.1. The molecule has 1 unspecified atom stereocenters. The van der Waals surface area contributed by atoms with E-state index < -0.39 is 5.95 Å². The Morgan fingerprint density at radius 1 is 1.16 bits per heavy atom. The van der Waals surface area contributed by atoms with Crippen LogP contribution in [0.25, 0.3) is 17.1 Å². The monoisotopic (exact) mass is 338 g/mol. The van der Waals surface area contributed by atoms with Crippen LogP contribution in [0, 0.1) is 5.95 Å². The van der Waals surface area contributed by atoms with Gasteiger partial charge >= 0.3 is 0 Å². The molecule has 1 aromatic carbocycles. The van der Waals surface area contributed by atoms with E-state index in [9.17, 15) is 4.39 Å². The molecule has 3 heterocycles. The quantitative estimate of drug-likeness (QED) is 0.687. The van der Waals surface area contributed by atoms with Gasteiger partial charge in [0.15, 0.2) is 0 Å². The fraction of sp³-hybridized carbons (Fsp3) is 0.263. The molecule has 2 aromatic heterocycles. The van der Waals surface area contributed by atoms with Crippen LogP contribution in [0.5, 0.6) is 0 Å². The molecule has 1 saturated heterocycles. The summed E-state index contributed by atoms with van der Waals surface area (Å²) in [6, 6.07) is 11.4. The van der Waals surface area contributed by atoms with E-state index in [1.807, 2.05) is 48.0 Å². The third kappa shape index (κ3) is 3.13. The standard InChI is InChI=1S/C19H19FN4O/c1-14-13-23(9-10-25-14)16-11-18(20)22-12-17(16)24-8-7-21-19(24)15-5-3-2-4-6-15/h2-8,11-12,14H,9-10,13H2,1H3. The molecule has 1 aliphatic heterocycles. The van der Waals surface area contributed by atoms with Crippen LogP contribution in [0.2, 0.25) is 0 Å². The molecule has 0 bridgehead atoms. The number of halogens is 1. The van der Waals surface area contributed by atoms with Gasteiger partial charge in [0, 0.05) is 37.1 Å². The highest BCUT2D eigenvalue weighted by Gasteiger charge is 2.22. The van der Waals surface area contributed by atoms with E-state index in [0.29, 0.717) is 13.2 Å². The van der Waals surface area contributed by atoms with Crippen LogP contribution in [-0.2, 0) is 4.74 Å². The third-order valence-electron chi connectivity index (χ3n) is 4.34. The summed E-state index contributed by atoms with van der Waals surface area (Å²) in [5.41, 5.74) is 2.61. The van der Waals surface area contributed by atoms with E-state index in [2.05, 4.69) is 14.9 Å². The van der Waals surface area contributed by atoms with Crippen molar-refractivity contribution in [3.05, 3.63) is 60.9 Å². The van der Waals surface area contributed by atoms with Gasteiger partial charge in [-0.1, -0.05) is 30.3 Å². The van der Waals surface area contributed by atoms with Gasteiger partial charge in [0.05, 0.1) is 30.3 Å². The van der Waals surface area contributed by atoms with Crippen molar-refractivity contribution in [3.63, 3.8) is 0 Å². The number of nitrogens with zero attached hydrogens (tertiary/aromatic N) is 4. The summed E-state index contributed by atoms with van der Waals surface area (Å²) < 4.78 is 21.4. The van der Waals surface area contributed by atoms with E-state index in [-0.39, 0.29) is 6.10 Å². The summed E-state index contributed by atoms with van der Waals surface area (Å²) in [6.45, 7) is 4.08. The van der Waals surface area contributed by atoms with Gasteiger partial charge in [-0.25, -0.2) is 9.97 Å². The van der Waals surface area contributed by atoms with Gasteiger partial charge in [-0.05, 0) is 6.92 Å². The highest BCUT2D eigenvalue weighted by molar-refractivity contribution is 5.67. The molecule has 3 aromatic rings. The Balaban J connectivity index is 1.81. The predicted molar refractivity (Wildman–Crippen MR) is 94.4 cm³/mol. The number of aromatic nitrogens is 3. The lowest BCUT2D eigenvalue weighted by atomic mass is 10.2.